The number of carbonyl (C=O) groups is 1. The second-order valence-electron chi connectivity index (χ2n) is 3.89. The molecule has 1 rings (SSSR count). The molecule has 0 aliphatic heterocycles. The monoisotopic (exact) mass is 285 g/mol. The number of ether oxygens (including phenoxy) is 1. The van der Waals surface area contributed by atoms with Gasteiger partial charge in [-0.3, -0.25) is 4.79 Å². The van der Waals surface area contributed by atoms with Gasteiger partial charge in [-0.1, -0.05) is 34.1 Å². The van der Waals surface area contributed by atoms with E-state index in [1.165, 1.54) is 0 Å². The Balaban J connectivity index is 2.20. The summed E-state index contributed by atoms with van der Waals surface area (Å²) in [6, 6.07) is 9.53. The summed E-state index contributed by atoms with van der Waals surface area (Å²) in [7, 11) is 0. The third kappa shape index (κ3) is 4.66. The van der Waals surface area contributed by atoms with Crippen LogP contribution in [0, 0.1) is 0 Å². The van der Waals surface area contributed by atoms with Gasteiger partial charge in [-0.05, 0) is 26.0 Å². The van der Waals surface area contributed by atoms with Crippen molar-refractivity contribution in [3.8, 4) is 5.75 Å². The van der Waals surface area contributed by atoms with Crippen LogP contribution in [0.3, 0.4) is 0 Å². The van der Waals surface area contributed by atoms with Gasteiger partial charge in [0.2, 0.25) is 5.91 Å². The molecule has 0 aliphatic carbocycles. The number of hydrogen-bond acceptors (Lipinski definition) is 2. The van der Waals surface area contributed by atoms with Crippen molar-refractivity contribution in [3.63, 3.8) is 0 Å². The van der Waals surface area contributed by atoms with Crippen molar-refractivity contribution in [3.05, 3.63) is 30.3 Å². The number of benzene rings is 1. The van der Waals surface area contributed by atoms with Crippen LogP contribution in [0.15, 0.2) is 30.3 Å². The van der Waals surface area contributed by atoms with E-state index in [9.17, 15) is 4.79 Å². The van der Waals surface area contributed by atoms with Crippen molar-refractivity contribution in [1.29, 1.82) is 0 Å². The van der Waals surface area contributed by atoms with Crippen LogP contribution in [-0.2, 0) is 4.79 Å². The lowest BCUT2D eigenvalue weighted by Crippen LogP contribution is -2.39. The number of rotatable bonds is 5. The van der Waals surface area contributed by atoms with Crippen LogP contribution in [0.1, 0.15) is 13.8 Å². The molecule has 0 unspecified atom stereocenters. The zero-order valence-corrected chi connectivity index (χ0v) is 11.1. The fourth-order valence-corrected chi connectivity index (χ4v) is 1.20. The molecule has 1 aromatic carbocycles. The molecule has 0 bridgehead atoms. The van der Waals surface area contributed by atoms with Crippen LogP contribution in [-0.4, -0.2) is 23.4 Å². The van der Waals surface area contributed by atoms with Gasteiger partial charge in [0, 0.05) is 0 Å². The molecule has 16 heavy (non-hydrogen) atoms. The molecule has 0 radical (unpaired) electrons. The summed E-state index contributed by atoms with van der Waals surface area (Å²) in [5.41, 5.74) is 0. The standard InChI is InChI=1S/C12H16BrNO2/c1-12(2,13)11(15)14-8-9-16-10-6-4-3-5-7-10/h3-7H,8-9H2,1-2H3,(H,14,15). The number of amides is 1. The lowest BCUT2D eigenvalue weighted by molar-refractivity contribution is -0.122. The third-order valence-electron chi connectivity index (χ3n) is 1.94. The molecule has 0 heterocycles. The maximum absolute atomic E-state index is 11.5. The van der Waals surface area contributed by atoms with E-state index in [0.717, 1.165) is 5.75 Å². The van der Waals surface area contributed by atoms with Gasteiger partial charge in [-0.25, -0.2) is 0 Å². The number of nitrogens with one attached hydrogen (secondary N) is 1. The molecule has 0 spiro atoms. The minimum Gasteiger partial charge on any atom is -0.492 e. The molecule has 3 nitrogen and oxygen atoms in total. The molecule has 1 aromatic rings. The minimum absolute atomic E-state index is 0.0378. The maximum Gasteiger partial charge on any atom is 0.236 e. The first-order valence-electron chi connectivity index (χ1n) is 5.15. The van der Waals surface area contributed by atoms with Gasteiger partial charge in [-0.2, -0.15) is 0 Å². The van der Waals surface area contributed by atoms with Gasteiger partial charge in [0.15, 0.2) is 0 Å². The molecule has 0 saturated heterocycles. The third-order valence-corrected chi connectivity index (χ3v) is 2.30. The summed E-state index contributed by atoms with van der Waals surface area (Å²) >= 11 is 3.29. The normalized spacial score (nSPS) is 10.9. The highest BCUT2D eigenvalue weighted by atomic mass is 79.9. The number of para-hydroxylation sites is 1. The number of alkyl halides is 1. The lowest BCUT2D eigenvalue weighted by atomic mass is 10.2. The zero-order chi connectivity index (χ0) is 12.0. The van der Waals surface area contributed by atoms with Crippen molar-refractivity contribution >= 4 is 21.8 Å². The first-order valence-corrected chi connectivity index (χ1v) is 5.94. The molecule has 0 saturated carbocycles. The topological polar surface area (TPSA) is 38.3 Å². The van der Waals surface area contributed by atoms with Gasteiger partial charge < -0.3 is 10.1 Å². The molecule has 0 aliphatic rings. The van der Waals surface area contributed by atoms with E-state index in [4.69, 9.17) is 4.74 Å². The molecule has 0 atom stereocenters. The zero-order valence-electron chi connectivity index (χ0n) is 9.50. The van der Waals surface area contributed by atoms with Crippen molar-refractivity contribution in [2.45, 2.75) is 18.2 Å². The quantitative estimate of drug-likeness (QED) is 0.666. The Labute approximate surface area is 104 Å². The fraction of sp³-hybridized carbons (Fsp3) is 0.417. The summed E-state index contributed by atoms with van der Waals surface area (Å²) in [5, 5.41) is 2.78. The Kier molecular flexibility index (Phi) is 4.80. The highest BCUT2D eigenvalue weighted by molar-refractivity contribution is 9.10. The molecule has 0 aromatic heterocycles. The second kappa shape index (κ2) is 5.89. The summed E-state index contributed by atoms with van der Waals surface area (Å²) in [6.45, 7) is 4.59. The first kappa shape index (κ1) is 13.0. The number of hydrogen-bond donors (Lipinski definition) is 1. The predicted octanol–water partition coefficient (Wildman–Crippen LogP) is 2.36. The summed E-state index contributed by atoms with van der Waals surface area (Å²) in [5.74, 6) is 0.777. The highest BCUT2D eigenvalue weighted by Gasteiger charge is 2.22. The Hall–Kier alpha value is -1.03. The summed E-state index contributed by atoms with van der Waals surface area (Å²) in [4.78, 5) is 11.5. The molecule has 88 valence electrons. The van der Waals surface area contributed by atoms with E-state index in [1.807, 2.05) is 30.3 Å². The van der Waals surface area contributed by atoms with Crippen LogP contribution in [0.2, 0.25) is 0 Å². The maximum atomic E-state index is 11.5. The van der Waals surface area contributed by atoms with Crippen molar-refractivity contribution in [2.24, 2.45) is 0 Å². The second-order valence-corrected chi connectivity index (χ2v) is 5.87. The SMILES string of the molecule is CC(C)(Br)C(=O)NCCOc1ccccc1. The van der Waals surface area contributed by atoms with Crippen LogP contribution in [0.4, 0.5) is 0 Å². The van der Waals surface area contributed by atoms with Crippen LogP contribution < -0.4 is 10.1 Å². The highest BCUT2D eigenvalue weighted by Crippen LogP contribution is 2.15. The molecule has 4 heteroatoms. The van der Waals surface area contributed by atoms with E-state index in [2.05, 4.69) is 21.2 Å². The Morgan fingerprint density at radius 3 is 2.56 bits per heavy atom. The molecule has 1 amide bonds. The first-order chi connectivity index (χ1) is 7.50. The Morgan fingerprint density at radius 2 is 2.00 bits per heavy atom. The summed E-state index contributed by atoms with van der Waals surface area (Å²) in [6.07, 6.45) is 0. The minimum atomic E-state index is -0.528. The largest absolute Gasteiger partial charge is 0.492 e. The van der Waals surface area contributed by atoms with Crippen molar-refractivity contribution in [1.82, 2.24) is 5.32 Å². The van der Waals surface area contributed by atoms with E-state index >= 15 is 0 Å². The van der Waals surface area contributed by atoms with Crippen LogP contribution >= 0.6 is 15.9 Å². The van der Waals surface area contributed by atoms with Gasteiger partial charge in [-0.15, -0.1) is 0 Å². The smallest absolute Gasteiger partial charge is 0.236 e. The van der Waals surface area contributed by atoms with Gasteiger partial charge in [0.25, 0.3) is 0 Å². The van der Waals surface area contributed by atoms with E-state index in [1.54, 1.807) is 13.8 Å². The van der Waals surface area contributed by atoms with Gasteiger partial charge in [0.1, 0.15) is 12.4 Å². The van der Waals surface area contributed by atoms with E-state index in [0.29, 0.717) is 13.2 Å². The average molecular weight is 286 g/mol. The summed E-state index contributed by atoms with van der Waals surface area (Å²) < 4.78 is 4.91. The van der Waals surface area contributed by atoms with Crippen molar-refractivity contribution in [2.75, 3.05) is 13.2 Å². The number of halogens is 1. The van der Waals surface area contributed by atoms with Crippen LogP contribution in [0.5, 0.6) is 5.75 Å². The molecular formula is C12H16BrNO2. The van der Waals surface area contributed by atoms with E-state index < -0.39 is 4.32 Å². The van der Waals surface area contributed by atoms with Gasteiger partial charge >= 0.3 is 0 Å². The van der Waals surface area contributed by atoms with Crippen LogP contribution in [0.25, 0.3) is 0 Å². The Bertz CT molecular complexity index is 333. The number of carbonyl (C=O) groups excluding carboxylic acids is 1. The molecule has 0 fully saturated rings. The lowest BCUT2D eigenvalue weighted by Gasteiger charge is -2.15. The van der Waals surface area contributed by atoms with Gasteiger partial charge in [0.05, 0.1) is 10.9 Å². The fourth-order valence-electron chi connectivity index (χ4n) is 1.06. The van der Waals surface area contributed by atoms with E-state index in [-0.39, 0.29) is 5.91 Å². The molecule has 1 N–H and O–H groups in total. The average Bonchev–Trinajstić information content (AvgIpc) is 2.24. The van der Waals surface area contributed by atoms with Crippen molar-refractivity contribution < 1.29 is 9.53 Å². The molecular weight excluding hydrogens is 270 g/mol. The Morgan fingerprint density at radius 1 is 1.38 bits per heavy atom. The predicted molar refractivity (Wildman–Crippen MR) is 68.0 cm³/mol.